The number of H-pyrrole nitrogens is 1. The number of carbonyl (C=O) groups excluding carboxylic acids is 2. The summed E-state index contributed by atoms with van der Waals surface area (Å²) in [5.41, 5.74) is 1.86. The Morgan fingerprint density at radius 1 is 1.04 bits per heavy atom. The zero-order valence-electron chi connectivity index (χ0n) is 14.7. The van der Waals surface area contributed by atoms with Gasteiger partial charge in [-0.25, -0.2) is 0 Å². The molecule has 1 atom stereocenters. The van der Waals surface area contributed by atoms with Gasteiger partial charge >= 0.3 is 0 Å². The number of aromatic amines is 1. The maximum Gasteiger partial charge on any atom is 0.268 e. The summed E-state index contributed by atoms with van der Waals surface area (Å²) in [6.45, 7) is 2.62. The molecule has 138 valence electrons. The van der Waals surface area contributed by atoms with E-state index in [2.05, 4.69) is 15.6 Å². The number of rotatable bonds is 4. The first-order valence-corrected chi connectivity index (χ1v) is 8.69. The van der Waals surface area contributed by atoms with Crippen LogP contribution >= 0.6 is 0 Å². The fraction of sp³-hybridized carbons (Fsp3) is 0.200. The lowest BCUT2D eigenvalue weighted by atomic mass is 10.2. The molecule has 7 heteroatoms. The van der Waals surface area contributed by atoms with Gasteiger partial charge in [-0.15, -0.1) is 0 Å². The minimum atomic E-state index is -0.711. The average Bonchev–Trinajstić information content (AvgIpc) is 3.12. The van der Waals surface area contributed by atoms with Gasteiger partial charge in [-0.3, -0.25) is 9.59 Å². The van der Waals surface area contributed by atoms with Gasteiger partial charge in [-0.1, -0.05) is 18.2 Å². The summed E-state index contributed by atoms with van der Waals surface area (Å²) in [5, 5.41) is 6.42. The van der Waals surface area contributed by atoms with Gasteiger partial charge in [0.05, 0.1) is 0 Å². The summed E-state index contributed by atoms with van der Waals surface area (Å²) in [6, 6.07) is 13.8. The minimum Gasteiger partial charge on any atom is -0.486 e. The lowest BCUT2D eigenvalue weighted by Gasteiger charge is -2.19. The Kier molecular flexibility index (Phi) is 4.42. The molecule has 0 saturated carbocycles. The van der Waals surface area contributed by atoms with E-state index in [1.165, 1.54) is 0 Å². The molecule has 1 aliphatic heterocycles. The van der Waals surface area contributed by atoms with Crippen LogP contribution in [0.15, 0.2) is 48.5 Å². The van der Waals surface area contributed by atoms with Crippen LogP contribution in [0.1, 0.15) is 17.4 Å². The third-order valence-corrected chi connectivity index (χ3v) is 4.33. The molecule has 1 aromatic heterocycles. The first-order valence-electron chi connectivity index (χ1n) is 8.69. The fourth-order valence-corrected chi connectivity index (χ4v) is 2.91. The third kappa shape index (κ3) is 3.57. The molecule has 1 unspecified atom stereocenters. The standard InChI is InChI=1S/C20H19N3O4/c1-12(21-20(25)16-10-13-4-2-3-5-15(13)23-16)19(24)22-14-6-7-17-18(11-14)27-9-8-26-17/h2-7,10-12,23H,8-9H2,1H3,(H,21,25)(H,22,24). The van der Waals surface area contributed by atoms with E-state index in [4.69, 9.17) is 9.47 Å². The van der Waals surface area contributed by atoms with Gasteiger partial charge in [-0.2, -0.15) is 0 Å². The molecule has 0 saturated heterocycles. The van der Waals surface area contributed by atoms with Gasteiger partial charge in [0, 0.05) is 22.7 Å². The van der Waals surface area contributed by atoms with Gasteiger partial charge in [-0.05, 0) is 31.2 Å². The second kappa shape index (κ2) is 7.03. The van der Waals surface area contributed by atoms with Crippen LogP contribution in [0.25, 0.3) is 10.9 Å². The highest BCUT2D eigenvalue weighted by Crippen LogP contribution is 2.32. The number of nitrogens with one attached hydrogen (secondary N) is 3. The van der Waals surface area contributed by atoms with Crippen LogP contribution in [0.2, 0.25) is 0 Å². The van der Waals surface area contributed by atoms with Crippen molar-refractivity contribution in [1.82, 2.24) is 10.3 Å². The van der Waals surface area contributed by atoms with Crippen molar-refractivity contribution in [1.29, 1.82) is 0 Å². The predicted octanol–water partition coefficient (Wildman–Crippen LogP) is 2.70. The van der Waals surface area contributed by atoms with E-state index in [9.17, 15) is 9.59 Å². The molecule has 0 fully saturated rings. The number of ether oxygens (including phenoxy) is 2. The van der Waals surface area contributed by atoms with Crippen LogP contribution in [0.5, 0.6) is 11.5 Å². The van der Waals surface area contributed by atoms with Gasteiger partial charge < -0.3 is 25.1 Å². The number of para-hydroxylation sites is 1. The average molecular weight is 365 g/mol. The van der Waals surface area contributed by atoms with E-state index in [-0.39, 0.29) is 11.8 Å². The lowest BCUT2D eigenvalue weighted by molar-refractivity contribution is -0.117. The number of hydrogen-bond acceptors (Lipinski definition) is 4. The van der Waals surface area contributed by atoms with Crippen LogP contribution in [0.3, 0.4) is 0 Å². The Labute approximate surface area is 155 Å². The van der Waals surface area contributed by atoms with E-state index < -0.39 is 6.04 Å². The van der Waals surface area contributed by atoms with Crippen LogP contribution in [0.4, 0.5) is 5.69 Å². The molecule has 7 nitrogen and oxygen atoms in total. The summed E-state index contributed by atoms with van der Waals surface area (Å²) >= 11 is 0. The number of carbonyl (C=O) groups is 2. The highest BCUT2D eigenvalue weighted by molar-refractivity contribution is 6.02. The Balaban J connectivity index is 1.40. The summed E-state index contributed by atoms with van der Waals surface area (Å²) < 4.78 is 11.0. The molecule has 1 aliphatic rings. The molecule has 3 N–H and O–H groups in total. The van der Waals surface area contributed by atoms with Crippen molar-refractivity contribution in [2.24, 2.45) is 0 Å². The van der Waals surface area contributed by atoms with Crippen LogP contribution < -0.4 is 20.1 Å². The van der Waals surface area contributed by atoms with E-state index in [0.29, 0.717) is 36.1 Å². The number of hydrogen-bond donors (Lipinski definition) is 3. The van der Waals surface area contributed by atoms with Crippen molar-refractivity contribution in [2.45, 2.75) is 13.0 Å². The summed E-state index contributed by atoms with van der Waals surface area (Å²) in [7, 11) is 0. The van der Waals surface area contributed by atoms with Gasteiger partial charge in [0.1, 0.15) is 24.9 Å². The summed E-state index contributed by atoms with van der Waals surface area (Å²) in [4.78, 5) is 27.9. The second-order valence-electron chi connectivity index (χ2n) is 6.31. The minimum absolute atomic E-state index is 0.323. The second-order valence-corrected chi connectivity index (χ2v) is 6.31. The van der Waals surface area contributed by atoms with E-state index in [1.54, 1.807) is 31.2 Å². The van der Waals surface area contributed by atoms with Crippen LogP contribution in [-0.4, -0.2) is 36.1 Å². The third-order valence-electron chi connectivity index (χ3n) is 4.33. The van der Waals surface area contributed by atoms with Crippen LogP contribution in [-0.2, 0) is 4.79 Å². The quantitative estimate of drug-likeness (QED) is 0.663. The van der Waals surface area contributed by atoms with Gasteiger partial charge in [0.15, 0.2) is 11.5 Å². The highest BCUT2D eigenvalue weighted by atomic mass is 16.6. The molecule has 0 bridgehead atoms. The molecular weight excluding hydrogens is 346 g/mol. The Morgan fingerprint density at radius 2 is 1.81 bits per heavy atom. The lowest BCUT2D eigenvalue weighted by Crippen LogP contribution is -2.41. The molecule has 4 rings (SSSR count). The first-order chi connectivity index (χ1) is 13.1. The van der Waals surface area contributed by atoms with Crippen molar-refractivity contribution in [2.75, 3.05) is 18.5 Å². The fourth-order valence-electron chi connectivity index (χ4n) is 2.91. The van der Waals surface area contributed by atoms with Crippen molar-refractivity contribution >= 4 is 28.4 Å². The number of anilines is 1. The Hall–Kier alpha value is -3.48. The van der Waals surface area contributed by atoms with Crippen molar-refractivity contribution in [3.63, 3.8) is 0 Å². The normalized spacial score (nSPS) is 13.8. The zero-order valence-corrected chi connectivity index (χ0v) is 14.7. The van der Waals surface area contributed by atoms with E-state index >= 15 is 0 Å². The molecule has 0 aliphatic carbocycles. The van der Waals surface area contributed by atoms with Crippen molar-refractivity contribution in [3.8, 4) is 11.5 Å². The molecule has 0 spiro atoms. The summed E-state index contributed by atoms with van der Waals surface area (Å²) in [5.74, 6) is 0.584. The maximum atomic E-state index is 12.4. The largest absolute Gasteiger partial charge is 0.486 e. The zero-order chi connectivity index (χ0) is 18.8. The SMILES string of the molecule is CC(NC(=O)c1cc2ccccc2[nH]1)C(=O)Nc1ccc2c(c1)OCCO2. The number of benzene rings is 2. The Bertz CT molecular complexity index is 978. The molecule has 27 heavy (non-hydrogen) atoms. The number of amides is 2. The predicted molar refractivity (Wildman–Crippen MR) is 101 cm³/mol. The number of fused-ring (bicyclic) bond motifs is 2. The molecular formula is C20H19N3O4. The maximum absolute atomic E-state index is 12.4. The van der Waals surface area contributed by atoms with Crippen molar-refractivity contribution < 1.29 is 19.1 Å². The molecule has 0 radical (unpaired) electrons. The number of aromatic nitrogens is 1. The van der Waals surface area contributed by atoms with E-state index in [1.807, 2.05) is 24.3 Å². The monoisotopic (exact) mass is 365 g/mol. The van der Waals surface area contributed by atoms with Crippen LogP contribution in [0, 0.1) is 0 Å². The smallest absolute Gasteiger partial charge is 0.268 e. The molecule has 2 aromatic carbocycles. The summed E-state index contributed by atoms with van der Waals surface area (Å²) in [6.07, 6.45) is 0. The van der Waals surface area contributed by atoms with Gasteiger partial charge in [0.2, 0.25) is 5.91 Å². The molecule has 2 amide bonds. The van der Waals surface area contributed by atoms with Crippen molar-refractivity contribution in [3.05, 3.63) is 54.2 Å². The van der Waals surface area contributed by atoms with E-state index in [0.717, 1.165) is 10.9 Å². The van der Waals surface area contributed by atoms with Gasteiger partial charge in [0.25, 0.3) is 5.91 Å². The molecule has 3 aromatic rings. The topological polar surface area (TPSA) is 92.5 Å². The molecule has 2 heterocycles. The highest BCUT2D eigenvalue weighted by Gasteiger charge is 2.19. The first kappa shape index (κ1) is 17.0. The Morgan fingerprint density at radius 3 is 2.63 bits per heavy atom.